The molecule has 1 heterocycles. The lowest BCUT2D eigenvalue weighted by molar-refractivity contribution is 0.848. The van der Waals surface area contributed by atoms with E-state index in [-0.39, 0.29) is 0 Å². The van der Waals surface area contributed by atoms with Gasteiger partial charge in [0, 0.05) is 24.4 Å². The number of rotatable bonds is 4. The van der Waals surface area contributed by atoms with Crippen molar-refractivity contribution in [3.05, 3.63) is 35.9 Å². The minimum Gasteiger partial charge on any atom is -0.355 e. The third-order valence-electron chi connectivity index (χ3n) is 2.92. The average molecular weight is 249 g/mol. The predicted molar refractivity (Wildman–Crippen MR) is 75.1 cm³/mol. The number of benzene rings is 1. The van der Waals surface area contributed by atoms with Crippen LogP contribution in [-0.2, 0) is 0 Å². The molecule has 0 bridgehead atoms. The van der Waals surface area contributed by atoms with Gasteiger partial charge in [-0.1, -0.05) is 18.2 Å². The van der Waals surface area contributed by atoms with Crippen LogP contribution in [0, 0.1) is 6.92 Å². The maximum Gasteiger partial charge on any atom is 0.132 e. The second-order valence-electron chi connectivity index (χ2n) is 4.09. The van der Waals surface area contributed by atoms with E-state index < -0.39 is 0 Å². The summed E-state index contributed by atoms with van der Waals surface area (Å²) in [6, 6.07) is 10.4. The average Bonchev–Trinajstić information content (AvgIpc) is 2.35. The molecule has 0 aliphatic carbocycles. The summed E-state index contributed by atoms with van der Waals surface area (Å²) in [5.41, 5.74) is 2.25. The van der Waals surface area contributed by atoms with E-state index in [2.05, 4.69) is 30.9 Å². The SMILES string of the molecule is CCN(CCCl)c1nc2ccccc2cc1C. The van der Waals surface area contributed by atoms with Crippen LogP contribution >= 0.6 is 11.6 Å². The van der Waals surface area contributed by atoms with Crippen molar-refractivity contribution in [1.29, 1.82) is 0 Å². The summed E-state index contributed by atoms with van der Waals surface area (Å²) >= 11 is 5.83. The van der Waals surface area contributed by atoms with Gasteiger partial charge >= 0.3 is 0 Å². The number of fused-ring (bicyclic) bond motifs is 1. The first-order chi connectivity index (χ1) is 8.26. The normalized spacial score (nSPS) is 10.8. The van der Waals surface area contributed by atoms with E-state index in [1.54, 1.807) is 0 Å². The van der Waals surface area contributed by atoms with Crippen LogP contribution in [0.1, 0.15) is 12.5 Å². The maximum atomic E-state index is 5.83. The van der Waals surface area contributed by atoms with Crippen molar-refractivity contribution in [3.8, 4) is 0 Å². The molecule has 0 atom stereocenters. The number of hydrogen-bond donors (Lipinski definition) is 0. The molecule has 0 spiro atoms. The van der Waals surface area contributed by atoms with Crippen LogP contribution in [0.2, 0.25) is 0 Å². The molecule has 0 aliphatic heterocycles. The Morgan fingerprint density at radius 3 is 2.76 bits per heavy atom. The van der Waals surface area contributed by atoms with Gasteiger partial charge in [0.25, 0.3) is 0 Å². The summed E-state index contributed by atoms with van der Waals surface area (Å²) in [7, 11) is 0. The summed E-state index contributed by atoms with van der Waals surface area (Å²) in [5.74, 6) is 1.67. The molecule has 0 N–H and O–H groups in total. The third-order valence-corrected chi connectivity index (χ3v) is 3.09. The lowest BCUT2D eigenvalue weighted by Gasteiger charge is -2.23. The van der Waals surface area contributed by atoms with Crippen molar-refractivity contribution in [3.63, 3.8) is 0 Å². The van der Waals surface area contributed by atoms with Crippen molar-refractivity contribution < 1.29 is 0 Å². The molecular weight excluding hydrogens is 232 g/mol. The van der Waals surface area contributed by atoms with E-state index in [9.17, 15) is 0 Å². The molecule has 2 rings (SSSR count). The third kappa shape index (κ3) is 2.52. The van der Waals surface area contributed by atoms with E-state index >= 15 is 0 Å². The van der Waals surface area contributed by atoms with Crippen molar-refractivity contribution in [2.75, 3.05) is 23.9 Å². The second kappa shape index (κ2) is 5.37. The Bertz CT molecular complexity index is 511. The zero-order chi connectivity index (χ0) is 12.3. The maximum absolute atomic E-state index is 5.83. The van der Waals surface area contributed by atoms with Gasteiger partial charge in [-0.15, -0.1) is 11.6 Å². The Kier molecular flexibility index (Phi) is 3.85. The number of nitrogens with zero attached hydrogens (tertiary/aromatic N) is 2. The van der Waals surface area contributed by atoms with E-state index in [0.717, 1.165) is 24.4 Å². The van der Waals surface area contributed by atoms with Crippen LogP contribution in [0.3, 0.4) is 0 Å². The zero-order valence-corrected chi connectivity index (χ0v) is 11.0. The summed E-state index contributed by atoms with van der Waals surface area (Å²) in [4.78, 5) is 6.95. The number of aromatic nitrogens is 1. The van der Waals surface area contributed by atoms with Crippen LogP contribution in [0.5, 0.6) is 0 Å². The molecule has 1 aromatic heterocycles. The molecule has 0 unspecified atom stereocenters. The fourth-order valence-corrected chi connectivity index (χ4v) is 2.25. The molecule has 3 heteroatoms. The number of hydrogen-bond acceptors (Lipinski definition) is 2. The van der Waals surface area contributed by atoms with Crippen molar-refractivity contribution in [1.82, 2.24) is 4.98 Å². The Morgan fingerprint density at radius 2 is 2.06 bits per heavy atom. The topological polar surface area (TPSA) is 16.1 Å². The Balaban J connectivity index is 2.49. The second-order valence-corrected chi connectivity index (χ2v) is 4.47. The van der Waals surface area contributed by atoms with Crippen molar-refractivity contribution in [2.24, 2.45) is 0 Å². The first kappa shape index (κ1) is 12.2. The highest BCUT2D eigenvalue weighted by molar-refractivity contribution is 6.18. The molecule has 0 saturated carbocycles. The van der Waals surface area contributed by atoms with Crippen LogP contribution in [0.15, 0.2) is 30.3 Å². The van der Waals surface area contributed by atoms with Gasteiger partial charge < -0.3 is 4.90 Å². The highest BCUT2D eigenvalue weighted by atomic mass is 35.5. The lowest BCUT2D eigenvalue weighted by atomic mass is 10.1. The molecule has 0 aliphatic rings. The number of halogens is 1. The van der Waals surface area contributed by atoms with Crippen LogP contribution in [0.4, 0.5) is 5.82 Å². The largest absolute Gasteiger partial charge is 0.355 e. The van der Waals surface area contributed by atoms with E-state index in [0.29, 0.717) is 5.88 Å². The number of alkyl halides is 1. The fourth-order valence-electron chi connectivity index (χ4n) is 2.05. The van der Waals surface area contributed by atoms with E-state index in [1.165, 1.54) is 10.9 Å². The molecule has 0 fully saturated rings. The van der Waals surface area contributed by atoms with Gasteiger partial charge in [0.05, 0.1) is 5.52 Å². The van der Waals surface area contributed by atoms with Gasteiger partial charge in [-0.2, -0.15) is 0 Å². The van der Waals surface area contributed by atoms with Gasteiger partial charge in [0.15, 0.2) is 0 Å². The van der Waals surface area contributed by atoms with Gasteiger partial charge in [0.2, 0.25) is 0 Å². The zero-order valence-electron chi connectivity index (χ0n) is 10.3. The van der Waals surface area contributed by atoms with Crippen molar-refractivity contribution in [2.45, 2.75) is 13.8 Å². The molecule has 1 aromatic carbocycles. The minimum atomic E-state index is 0.627. The molecular formula is C14H17ClN2. The summed E-state index contributed by atoms with van der Waals surface area (Å²) < 4.78 is 0. The molecule has 90 valence electrons. The molecule has 0 radical (unpaired) electrons. The Labute approximate surface area is 107 Å². The van der Waals surface area contributed by atoms with E-state index in [4.69, 9.17) is 16.6 Å². The minimum absolute atomic E-state index is 0.627. The fraction of sp³-hybridized carbons (Fsp3) is 0.357. The Hall–Kier alpha value is -1.28. The predicted octanol–water partition coefficient (Wildman–Crippen LogP) is 3.61. The Morgan fingerprint density at radius 1 is 1.29 bits per heavy atom. The summed E-state index contributed by atoms with van der Waals surface area (Å²) in [6.45, 7) is 6.00. The quantitative estimate of drug-likeness (QED) is 0.769. The van der Waals surface area contributed by atoms with E-state index in [1.807, 2.05) is 18.2 Å². The number of pyridine rings is 1. The van der Waals surface area contributed by atoms with Crippen molar-refractivity contribution >= 4 is 28.3 Å². The summed E-state index contributed by atoms with van der Waals surface area (Å²) in [5, 5.41) is 1.19. The summed E-state index contributed by atoms with van der Waals surface area (Å²) in [6.07, 6.45) is 0. The standard InChI is InChI=1S/C14H17ClN2/c1-3-17(9-8-15)14-11(2)10-12-6-4-5-7-13(12)16-14/h4-7,10H,3,8-9H2,1-2H3. The first-order valence-corrected chi connectivity index (χ1v) is 6.47. The number of aryl methyl sites for hydroxylation is 1. The molecule has 2 nitrogen and oxygen atoms in total. The van der Waals surface area contributed by atoms with Gasteiger partial charge in [0.1, 0.15) is 5.82 Å². The van der Waals surface area contributed by atoms with Gasteiger partial charge in [-0.3, -0.25) is 0 Å². The first-order valence-electron chi connectivity index (χ1n) is 5.93. The number of anilines is 1. The number of para-hydroxylation sites is 1. The van der Waals surface area contributed by atoms with Crippen LogP contribution in [0.25, 0.3) is 10.9 Å². The van der Waals surface area contributed by atoms with Gasteiger partial charge in [-0.05, 0) is 31.5 Å². The lowest BCUT2D eigenvalue weighted by Crippen LogP contribution is -2.26. The van der Waals surface area contributed by atoms with Gasteiger partial charge in [-0.25, -0.2) is 4.98 Å². The molecule has 2 aromatic rings. The van der Waals surface area contributed by atoms with Crippen LogP contribution in [-0.4, -0.2) is 24.0 Å². The monoisotopic (exact) mass is 248 g/mol. The highest BCUT2D eigenvalue weighted by Crippen LogP contribution is 2.22. The molecule has 0 amide bonds. The highest BCUT2D eigenvalue weighted by Gasteiger charge is 2.09. The van der Waals surface area contributed by atoms with Crippen LogP contribution < -0.4 is 4.90 Å². The smallest absolute Gasteiger partial charge is 0.132 e. The molecule has 0 saturated heterocycles. The molecule has 17 heavy (non-hydrogen) atoms.